The summed E-state index contributed by atoms with van der Waals surface area (Å²) in [6.07, 6.45) is 0.0842. The average Bonchev–Trinajstić information content (AvgIpc) is 3.09. The Morgan fingerprint density at radius 1 is 1.22 bits per heavy atom. The summed E-state index contributed by atoms with van der Waals surface area (Å²) in [4.78, 5) is 26.7. The number of rotatable bonds is 5. The molecule has 0 aliphatic carbocycles. The maximum Gasteiger partial charge on any atom is 0.229 e. The third-order valence-corrected chi connectivity index (χ3v) is 4.48. The third kappa shape index (κ3) is 3.70. The van der Waals surface area contributed by atoms with Crippen LogP contribution in [-0.2, 0) is 9.59 Å². The number of nitrogens with zero attached hydrogens (tertiary/aromatic N) is 2. The van der Waals surface area contributed by atoms with Crippen LogP contribution < -0.4 is 19.7 Å². The van der Waals surface area contributed by atoms with Crippen LogP contribution >= 0.6 is 0 Å². The molecule has 1 heterocycles. The van der Waals surface area contributed by atoms with Crippen molar-refractivity contribution in [3.8, 4) is 17.6 Å². The second-order valence-electron chi connectivity index (χ2n) is 6.09. The van der Waals surface area contributed by atoms with E-state index in [4.69, 9.17) is 14.7 Å². The van der Waals surface area contributed by atoms with Crippen molar-refractivity contribution in [1.82, 2.24) is 0 Å². The number of para-hydroxylation sites is 1. The Labute approximate surface area is 157 Å². The smallest absolute Gasteiger partial charge is 0.229 e. The Morgan fingerprint density at radius 2 is 2.00 bits per heavy atom. The number of carbonyl (C=O) groups excluding carboxylic acids is 2. The van der Waals surface area contributed by atoms with Gasteiger partial charge < -0.3 is 19.7 Å². The Hall–Kier alpha value is -3.53. The van der Waals surface area contributed by atoms with Crippen LogP contribution in [0.4, 0.5) is 11.4 Å². The maximum atomic E-state index is 12.6. The maximum absolute atomic E-state index is 12.6. The van der Waals surface area contributed by atoms with Gasteiger partial charge in [-0.3, -0.25) is 9.59 Å². The van der Waals surface area contributed by atoms with Crippen LogP contribution in [-0.4, -0.2) is 32.6 Å². The predicted octanol–water partition coefficient (Wildman–Crippen LogP) is 2.57. The summed E-state index contributed by atoms with van der Waals surface area (Å²) < 4.78 is 10.6. The predicted molar refractivity (Wildman–Crippen MR) is 99.8 cm³/mol. The molecule has 3 rings (SSSR count). The van der Waals surface area contributed by atoms with E-state index in [9.17, 15) is 9.59 Å². The summed E-state index contributed by atoms with van der Waals surface area (Å²) in [7, 11) is 3.06. The normalized spacial score (nSPS) is 16.0. The number of amides is 2. The molecule has 0 aromatic heterocycles. The second kappa shape index (κ2) is 7.79. The number of nitrogens with one attached hydrogen (secondary N) is 1. The third-order valence-electron chi connectivity index (χ3n) is 4.48. The van der Waals surface area contributed by atoms with Crippen LogP contribution in [0, 0.1) is 17.2 Å². The number of benzene rings is 2. The minimum Gasteiger partial charge on any atom is -0.497 e. The zero-order chi connectivity index (χ0) is 19.4. The van der Waals surface area contributed by atoms with Gasteiger partial charge >= 0.3 is 0 Å². The zero-order valence-corrected chi connectivity index (χ0v) is 15.1. The molecule has 2 aromatic carbocycles. The van der Waals surface area contributed by atoms with E-state index in [2.05, 4.69) is 5.32 Å². The van der Waals surface area contributed by atoms with Gasteiger partial charge in [0.15, 0.2) is 0 Å². The van der Waals surface area contributed by atoms with Crippen molar-refractivity contribution in [1.29, 1.82) is 5.26 Å². The largest absolute Gasteiger partial charge is 0.497 e. The second-order valence-corrected chi connectivity index (χ2v) is 6.09. The van der Waals surface area contributed by atoms with Crippen molar-refractivity contribution in [2.45, 2.75) is 6.42 Å². The fourth-order valence-electron chi connectivity index (χ4n) is 3.05. The molecule has 0 unspecified atom stereocenters. The molecule has 1 aliphatic rings. The van der Waals surface area contributed by atoms with Gasteiger partial charge in [-0.1, -0.05) is 12.1 Å². The van der Waals surface area contributed by atoms with Gasteiger partial charge in [0.05, 0.1) is 37.1 Å². The zero-order valence-electron chi connectivity index (χ0n) is 15.1. The van der Waals surface area contributed by atoms with Crippen LogP contribution in [0.1, 0.15) is 12.0 Å². The molecule has 2 aromatic rings. The molecular weight excluding hydrogens is 346 g/mol. The van der Waals surface area contributed by atoms with Gasteiger partial charge in [-0.2, -0.15) is 5.26 Å². The van der Waals surface area contributed by atoms with Crippen molar-refractivity contribution in [2.24, 2.45) is 5.92 Å². The average molecular weight is 365 g/mol. The molecule has 1 aliphatic heterocycles. The van der Waals surface area contributed by atoms with E-state index in [0.717, 1.165) is 0 Å². The Balaban J connectivity index is 1.80. The lowest BCUT2D eigenvalue weighted by Crippen LogP contribution is -2.28. The van der Waals surface area contributed by atoms with E-state index in [1.807, 2.05) is 6.07 Å². The fourth-order valence-corrected chi connectivity index (χ4v) is 3.05. The Morgan fingerprint density at radius 3 is 2.70 bits per heavy atom. The van der Waals surface area contributed by atoms with Gasteiger partial charge in [-0.25, -0.2) is 0 Å². The van der Waals surface area contributed by atoms with Crippen LogP contribution in [0.25, 0.3) is 0 Å². The monoisotopic (exact) mass is 365 g/mol. The lowest BCUT2D eigenvalue weighted by molar-refractivity contribution is -0.122. The Bertz CT molecular complexity index is 920. The standard InChI is InChI=1S/C20H19N3O4/c1-26-15-7-8-18(27-2)17(10-15)23-12-14(9-19(23)24)20(25)22-16-6-4-3-5-13(16)11-21/h3-8,10,14H,9,12H2,1-2H3,(H,22,25)/t14-/m1/s1. The summed E-state index contributed by atoms with van der Waals surface area (Å²) in [6, 6.07) is 14.0. The van der Waals surface area contributed by atoms with Crippen molar-refractivity contribution in [3.05, 3.63) is 48.0 Å². The van der Waals surface area contributed by atoms with Crippen LogP contribution in [0.5, 0.6) is 11.5 Å². The van der Waals surface area contributed by atoms with Crippen LogP contribution in [0.15, 0.2) is 42.5 Å². The van der Waals surface area contributed by atoms with Crippen LogP contribution in [0.2, 0.25) is 0 Å². The highest BCUT2D eigenvalue weighted by atomic mass is 16.5. The number of methoxy groups -OCH3 is 2. The van der Waals surface area contributed by atoms with Crippen molar-refractivity contribution in [2.75, 3.05) is 31.0 Å². The van der Waals surface area contributed by atoms with E-state index in [1.54, 1.807) is 49.6 Å². The number of nitriles is 1. The summed E-state index contributed by atoms with van der Waals surface area (Å²) >= 11 is 0. The molecule has 7 heteroatoms. The topological polar surface area (TPSA) is 91.7 Å². The number of anilines is 2. The highest BCUT2D eigenvalue weighted by Crippen LogP contribution is 2.36. The summed E-state index contributed by atoms with van der Waals surface area (Å²) in [5.74, 6) is 0.125. The molecule has 1 saturated heterocycles. The minimum atomic E-state index is -0.528. The van der Waals surface area contributed by atoms with Crippen LogP contribution in [0.3, 0.4) is 0 Å². The molecular formula is C20H19N3O4. The highest BCUT2D eigenvalue weighted by molar-refractivity contribution is 6.04. The number of hydrogen-bond donors (Lipinski definition) is 1. The van der Waals surface area contributed by atoms with E-state index < -0.39 is 5.92 Å². The highest BCUT2D eigenvalue weighted by Gasteiger charge is 2.36. The van der Waals surface area contributed by atoms with Gasteiger partial charge in [-0.15, -0.1) is 0 Å². The van der Waals surface area contributed by atoms with E-state index in [1.165, 1.54) is 12.0 Å². The first-order valence-corrected chi connectivity index (χ1v) is 8.39. The quantitative estimate of drug-likeness (QED) is 0.879. The molecule has 27 heavy (non-hydrogen) atoms. The molecule has 0 spiro atoms. The van der Waals surface area contributed by atoms with Crippen molar-refractivity contribution < 1.29 is 19.1 Å². The summed E-state index contributed by atoms with van der Waals surface area (Å²) in [5.41, 5.74) is 1.38. The first-order valence-electron chi connectivity index (χ1n) is 8.39. The summed E-state index contributed by atoms with van der Waals surface area (Å²) in [6.45, 7) is 0.225. The molecule has 2 amide bonds. The SMILES string of the molecule is COc1ccc(OC)c(N2C[C@H](C(=O)Nc3ccccc3C#N)CC2=O)c1. The molecule has 7 nitrogen and oxygen atoms in total. The molecule has 1 atom stereocenters. The molecule has 1 fully saturated rings. The van der Waals surface area contributed by atoms with E-state index >= 15 is 0 Å². The van der Waals surface area contributed by atoms with Gasteiger partial charge in [0.2, 0.25) is 11.8 Å². The molecule has 0 radical (unpaired) electrons. The first-order chi connectivity index (χ1) is 13.1. The summed E-state index contributed by atoms with van der Waals surface area (Å²) in [5, 5.41) is 11.9. The van der Waals surface area contributed by atoms with Gasteiger partial charge in [0, 0.05) is 19.0 Å². The number of ether oxygens (including phenoxy) is 2. The van der Waals surface area contributed by atoms with Crippen molar-refractivity contribution >= 4 is 23.2 Å². The Kier molecular flexibility index (Phi) is 5.27. The fraction of sp³-hybridized carbons (Fsp3) is 0.250. The lowest BCUT2D eigenvalue weighted by atomic mass is 10.1. The molecule has 0 bridgehead atoms. The number of hydrogen-bond acceptors (Lipinski definition) is 5. The van der Waals surface area contributed by atoms with E-state index in [-0.39, 0.29) is 24.8 Å². The van der Waals surface area contributed by atoms with E-state index in [0.29, 0.717) is 28.4 Å². The van der Waals surface area contributed by atoms with Crippen molar-refractivity contribution in [3.63, 3.8) is 0 Å². The van der Waals surface area contributed by atoms with Gasteiger partial charge in [0.1, 0.15) is 17.6 Å². The first kappa shape index (κ1) is 18.3. The van der Waals surface area contributed by atoms with Gasteiger partial charge in [-0.05, 0) is 24.3 Å². The van der Waals surface area contributed by atoms with Gasteiger partial charge in [0.25, 0.3) is 0 Å². The molecule has 1 N–H and O–H groups in total. The lowest BCUT2D eigenvalue weighted by Gasteiger charge is -2.20. The number of carbonyl (C=O) groups is 2. The minimum absolute atomic E-state index is 0.0842. The molecule has 138 valence electrons. The molecule has 0 saturated carbocycles.